The fourth-order valence-corrected chi connectivity index (χ4v) is 2.82. The van der Waals surface area contributed by atoms with E-state index in [1.54, 1.807) is 0 Å². The van der Waals surface area contributed by atoms with Crippen LogP contribution in [0, 0.1) is 0 Å². The first-order chi connectivity index (χ1) is 10.3. The van der Waals surface area contributed by atoms with Crippen LogP contribution >= 0.6 is 0 Å². The van der Waals surface area contributed by atoms with Gasteiger partial charge in [-0.15, -0.1) is 0 Å². The first-order valence-electron chi connectivity index (χ1n) is 9.49. The smallest absolute Gasteiger partial charge is 0.303 e. The molecule has 0 saturated carbocycles. The number of unbranched alkanes of at least 4 members (excludes halogenated alkanes) is 15. The average molecular weight is 316 g/mol. The van der Waals surface area contributed by atoms with E-state index in [0.29, 0.717) is 6.42 Å². The molecule has 0 spiro atoms. The van der Waals surface area contributed by atoms with E-state index in [-0.39, 0.29) is 6.15 Å². The molecule has 0 amide bonds. The second-order valence-electron chi connectivity index (χ2n) is 6.45. The molecule has 0 aliphatic heterocycles. The summed E-state index contributed by atoms with van der Waals surface area (Å²) in [6.07, 6.45) is 21.7. The van der Waals surface area contributed by atoms with Crippen molar-refractivity contribution in [2.24, 2.45) is 0 Å². The first-order valence-corrected chi connectivity index (χ1v) is 9.49. The van der Waals surface area contributed by atoms with E-state index in [0.717, 1.165) is 12.8 Å². The second kappa shape index (κ2) is 20.4. The first kappa shape index (κ1) is 23.7. The number of carboxylic acids is 1. The van der Waals surface area contributed by atoms with Crippen LogP contribution in [0.4, 0.5) is 0 Å². The molecule has 3 nitrogen and oxygen atoms in total. The Hall–Kier alpha value is -0.570. The fraction of sp³-hybridized carbons (Fsp3) is 0.947. The summed E-state index contributed by atoms with van der Waals surface area (Å²) in [5.41, 5.74) is 0. The van der Waals surface area contributed by atoms with Crippen LogP contribution in [0.1, 0.15) is 116 Å². The molecule has 0 bridgehead atoms. The van der Waals surface area contributed by atoms with Gasteiger partial charge in [-0.1, -0.05) is 103 Å². The average Bonchev–Trinajstić information content (AvgIpc) is 2.46. The van der Waals surface area contributed by atoms with E-state index in [1.165, 1.54) is 89.9 Å². The highest BCUT2D eigenvalue weighted by molar-refractivity contribution is 5.66. The number of hydrogen-bond donors (Lipinski definition) is 2. The minimum atomic E-state index is -0.652. The molecule has 22 heavy (non-hydrogen) atoms. The Balaban J connectivity index is 0. The lowest BCUT2D eigenvalue weighted by Gasteiger charge is -2.03. The predicted molar refractivity (Wildman–Crippen MR) is 96.8 cm³/mol. The van der Waals surface area contributed by atoms with Crippen LogP contribution in [0.3, 0.4) is 0 Å². The van der Waals surface area contributed by atoms with Gasteiger partial charge in [0.25, 0.3) is 0 Å². The van der Waals surface area contributed by atoms with Crippen molar-refractivity contribution in [3.8, 4) is 0 Å². The van der Waals surface area contributed by atoms with E-state index < -0.39 is 5.97 Å². The largest absolute Gasteiger partial charge is 0.481 e. The fourth-order valence-electron chi connectivity index (χ4n) is 2.82. The van der Waals surface area contributed by atoms with Gasteiger partial charge in [-0.2, -0.15) is 0 Å². The standard InChI is InChI=1S/C19H38O2.H3N/c1-2-3-4-5-6-7-8-9-10-11-12-13-14-15-16-17-18-19(20)21;/h2-18H2,1H3,(H,20,21);1H3. The zero-order valence-corrected chi connectivity index (χ0v) is 15.1. The van der Waals surface area contributed by atoms with Crippen LogP contribution < -0.4 is 6.15 Å². The topological polar surface area (TPSA) is 72.3 Å². The minimum Gasteiger partial charge on any atom is -0.481 e. The molecule has 0 radical (unpaired) electrons. The Morgan fingerprint density at radius 1 is 0.591 bits per heavy atom. The lowest BCUT2D eigenvalue weighted by molar-refractivity contribution is -0.137. The third-order valence-electron chi connectivity index (χ3n) is 4.24. The van der Waals surface area contributed by atoms with E-state index in [4.69, 9.17) is 5.11 Å². The number of rotatable bonds is 17. The molecule has 4 N–H and O–H groups in total. The van der Waals surface area contributed by atoms with Gasteiger partial charge in [0.15, 0.2) is 0 Å². The van der Waals surface area contributed by atoms with Crippen molar-refractivity contribution in [2.45, 2.75) is 116 Å². The van der Waals surface area contributed by atoms with Gasteiger partial charge >= 0.3 is 5.97 Å². The maximum atomic E-state index is 10.3. The van der Waals surface area contributed by atoms with Crippen molar-refractivity contribution in [1.29, 1.82) is 0 Å². The quantitative estimate of drug-likeness (QED) is 0.287. The van der Waals surface area contributed by atoms with E-state index in [9.17, 15) is 4.79 Å². The third-order valence-corrected chi connectivity index (χ3v) is 4.24. The van der Waals surface area contributed by atoms with Crippen LogP contribution in [-0.2, 0) is 4.79 Å². The van der Waals surface area contributed by atoms with Crippen molar-refractivity contribution >= 4 is 5.97 Å². The highest BCUT2D eigenvalue weighted by atomic mass is 16.4. The van der Waals surface area contributed by atoms with Gasteiger partial charge in [0, 0.05) is 6.42 Å². The van der Waals surface area contributed by atoms with Crippen LogP contribution in [0.2, 0.25) is 0 Å². The Kier molecular flexibility index (Phi) is 22.0. The normalized spacial score (nSPS) is 10.4. The summed E-state index contributed by atoms with van der Waals surface area (Å²) in [5.74, 6) is -0.652. The summed E-state index contributed by atoms with van der Waals surface area (Å²) in [7, 11) is 0. The Bertz CT molecular complexity index is 219. The van der Waals surface area contributed by atoms with Crippen LogP contribution in [0.5, 0.6) is 0 Å². The molecule has 0 aromatic rings. The van der Waals surface area contributed by atoms with Crippen LogP contribution in [0.25, 0.3) is 0 Å². The molecule has 0 heterocycles. The van der Waals surface area contributed by atoms with Gasteiger partial charge in [-0.05, 0) is 6.42 Å². The van der Waals surface area contributed by atoms with E-state index >= 15 is 0 Å². The van der Waals surface area contributed by atoms with Crippen molar-refractivity contribution < 1.29 is 9.90 Å². The van der Waals surface area contributed by atoms with Gasteiger partial charge in [0.2, 0.25) is 0 Å². The summed E-state index contributed by atoms with van der Waals surface area (Å²) < 4.78 is 0. The highest BCUT2D eigenvalue weighted by Gasteiger charge is 1.97. The number of hydrogen-bond acceptors (Lipinski definition) is 2. The zero-order chi connectivity index (χ0) is 15.6. The van der Waals surface area contributed by atoms with Crippen LogP contribution in [0.15, 0.2) is 0 Å². The van der Waals surface area contributed by atoms with E-state index in [1.807, 2.05) is 0 Å². The lowest BCUT2D eigenvalue weighted by atomic mass is 10.0. The molecular weight excluding hydrogens is 274 g/mol. The summed E-state index contributed by atoms with van der Waals surface area (Å²) in [5, 5.41) is 8.53. The van der Waals surface area contributed by atoms with Gasteiger partial charge in [0.05, 0.1) is 0 Å². The second-order valence-corrected chi connectivity index (χ2v) is 6.45. The molecule has 0 aliphatic carbocycles. The molecule has 0 atom stereocenters. The number of carboxylic acid groups (broad SMARTS) is 1. The van der Waals surface area contributed by atoms with E-state index in [2.05, 4.69) is 6.92 Å². The molecule has 134 valence electrons. The van der Waals surface area contributed by atoms with Gasteiger partial charge in [-0.3, -0.25) is 4.79 Å². The Morgan fingerprint density at radius 2 is 0.864 bits per heavy atom. The van der Waals surface area contributed by atoms with Crippen molar-refractivity contribution in [1.82, 2.24) is 6.15 Å². The van der Waals surface area contributed by atoms with Crippen molar-refractivity contribution in [2.75, 3.05) is 0 Å². The molecular formula is C19H41NO2. The molecule has 0 fully saturated rings. The lowest BCUT2D eigenvalue weighted by Crippen LogP contribution is -1.93. The summed E-state index contributed by atoms with van der Waals surface area (Å²) in [6.45, 7) is 2.27. The molecule has 0 unspecified atom stereocenters. The molecule has 0 aromatic heterocycles. The monoisotopic (exact) mass is 315 g/mol. The molecule has 0 aliphatic rings. The summed E-state index contributed by atoms with van der Waals surface area (Å²) >= 11 is 0. The van der Waals surface area contributed by atoms with Crippen molar-refractivity contribution in [3.05, 3.63) is 0 Å². The van der Waals surface area contributed by atoms with Crippen LogP contribution in [-0.4, -0.2) is 11.1 Å². The Labute approximate surface area is 138 Å². The molecule has 0 aromatic carbocycles. The highest BCUT2D eigenvalue weighted by Crippen LogP contribution is 2.13. The maximum absolute atomic E-state index is 10.3. The van der Waals surface area contributed by atoms with Crippen molar-refractivity contribution in [3.63, 3.8) is 0 Å². The summed E-state index contributed by atoms with van der Waals surface area (Å²) in [4.78, 5) is 10.3. The zero-order valence-electron chi connectivity index (χ0n) is 15.1. The van der Waals surface area contributed by atoms with Gasteiger partial charge in [0.1, 0.15) is 0 Å². The SMILES string of the molecule is CCCCCCCCCCCCCCCCCCC(=O)O.N. The minimum absolute atomic E-state index is 0. The molecule has 0 rings (SSSR count). The summed E-state index contributed by atoms with van der Waals surface area (Å²) in [6, 6.07) is 0. The molecule has 0 saturated heterocycles. The third kappa shape index (κ3) is 21.7. The maximum Gasteiger partial charge on any atom is 0.303 e. The predicted octanol–water partition coefficient (Wildman–Crippen LogP) is 6.88. The Morgan fingerprint density at radius 3 is 1.14 bits per heavy atom. The van der Waals surface area contributed by atoms with Gasteiger partial charge < -0.3 is 11.3 Å². The number of aliphatic carboxylic acids is 1. The van der Waals surface area contributed by atoms with Gasteiger partial charge in [-0.25, -0.2) is 0 Å². The molecule has 3 heteroatoms. The number of carbonyl (C=O) groups is 1.